The number of carboxylic acids is 1. The van der Waals surface area contributed by atoms with Crippen molar-refractivity contribution in [1.82, 2.24) is 4.90 Å². The number of thioether (sulfide) groups is 1. The number of amidine groups is 1. The summed E-state index contributed by atoms with van der Waals surface area (Å²) in [5.74, 6) is -0.00195. The molecule has 0 saturated carbocycles. The number of hydrogen-bond acceptors (Lipinski definition) is 6. The minimum Gasteiger partial charge on any atom is -0.490 e. The van der Waals surface area contributed by atoms with E-state index in [1.54, 1.807) is 25.3 Å². The fourth-order valence-electron chi connectivity index (χ4n) is 3.47. The highest BCUT2D eigenvalue weighted by Gasteiger charge is 2.30. The number of carbonyl (C=O) groups is 2. The Morgan fingerprint density at radius 3 is 2.41 bits per heavy atom. The average molecular weight is 581 g/mol. The number of halogens is 1. The Kier molecular flexibility index (Phi) is 8.35. The summed E-state index contributed by atoms with van der Waals surface area (Å²) in [4.78, 5) is 30.5. The van der Waals surface area contributed by atoms with Crippen molar-refractivity contribution in [2.75, 3.05) is 13.7 Å². The van der Waals surface area contributed by atoms with E-state index in [2.05, 4.69) is 20.9 Å². The molecule has 0 unspecified atom stereocenters. The molecule has 1 fully saturated rings. The first-order valence-corrected chi connectivity index (χ1v) is 13.1. The van der Waals surface area contributed by atoms with Crippen molar-refractivity contribution in [3.63, 3.8) is 0 Å². The van der Waals surface area contributed by atoms with Crippen molar-refractivity contribution >= 4 is 56.5 Å². The molecule has 1 amide bonds. The van der Waals surface area contributed by atoms with Crippen LogP contribution in [-0.4, -0.2) is 40.7 Å². The van der Waals surface area contributed by atoms with Gasteiger partial charge in [-0.2, -0.15) is 0 Å². The largest absolute Gasteiger partial charge is 0.490 e. The summed E-state index contributed by atoms with van der Waals surface area (Å²) >= 11 is 4.85. The van der Waals surface area contributed by atoms with Gasteiger partial charge in [0.25, 0.3) is 5.91 Å². The molecule has 0 aliphatic carbocycles. The number of aliphatic imine (C=N–C) groups is 1. The summed E-state index contributed by atoms with van der Waals surface area (Å²) in [6, 6.07) is 18.0. The fourth-order valence-corrected chi connectivity index (χ4v) is 4.88. The van der Waals surface area contributed by atoms with Gasteiger partial charge in [0.05, 0.1) is 22.8 Å². The zero-order valence-electron chi connectivity index (χ0n) is 20.5. The van der Waals surface area contributed by atoms with E-state index >= 15 is 0 Å². The molecule has 1 heterocycles. The molecule has 1 aliphatic heterocycles. The van der Waals surface area contributed by atoms with Gasteiger partial charge >= 0.3 is 5.97 Å². The van der Waals surface area contributed by atoms with E-state index < -0.39 is 5.97 Å². The molecule has 0 bridgehead atoms. The maximum atomic E-state index is 12.9. The van der Waals surface area contributed by atoms with E-state index in [1.165, 1.54) is 34.4 Å². The third-order valence-corrected chi connectivity index (χ3v) is 7.25. The Morgan fingerprint density at radius 2 is 1.76 bits per heavy atom. The SMILES string of the molecule is CCOc1cc(C=C2SC(=Nc3ccc(C(=O)O)cc3)N(C)C2=O)c(Br)cc1OCc1ccc(C)cc1. The van der Waals surface area contributed by atoms with Crippen LogP contribution in [-0.2, 0) is 11.4 Å². The summed E-state index contributed by atoms with van der Waals surface area (Å²) in [5, 5.41) is 9.57. The lowest BCUT2D eigenvalue weighted by molar-refractivity contribution is -0.121. The van der Waals surface area contributed by atoms with Crippen LogP contribution in [0.4, 0.5) is 5.69 Å². The van der Waals surface area contributed by atoms with Gasteiger partial charge in [-0.15, -0.1) is 0 Å². The van der Waals surface area contributed by atoms with Gasteiger partial charge in [-0.3, -0.25) is 9.69 Å². The standard InChI is InChI=1S/C28H25BrN2O5S/c1-4-35-23-13-20(22(29)15-24(23)36-16-18-7-5-17(2)6-8-18)14-25-26(32)31(3)28(37-25)30-21-11-9-19(10-12-21)27(33)34/h5-15H,4,16H2,1-3H3,(H,33,34). The van der Waals surface area contributed by atoms with Crippen LogP contribution in [0.15, 0.2) is 75.0 Å². The Bertz CT molecular complexity index is 1380. The topological polar surface area (TPSA) is 88.4 Å². The Balaban J connectivity index is 1.57. The van der Waals surface area contributed by atoms with Crippen LogP contribution >= 0.6 is 27.7 Å². The van der Waals surface area contributed by atoms with Gasteiger partial charge in [0, 0.05) is 11.5 Å². The average Bonchev–Trinajstić information content (AvgIpc) is 3.14. The van der Waals surface area contributed by atoms with Crippen LogP contribution in [0.2, 0.25) is 0 Å². The lowest BCUT2D eigenvalue weighted by atomic mass is 10.1. The maximum Gasteiger partial charge on any atom is 0.335 e. The molecule has 1 saturated heterocycles. The number of amides is 1. The van der Waals surface area contributed by atoms with Crippen LogP contribution in [0.1, 0.15) is 34.0 Å². The molecule has 37 heavy (non-hydrogen) atoms. The lowest BCUT2D eigenvalue weighted by Crippen LogP contribution is -2.23. The van der Waals surface area contributed by atoms with Crippen LogP contribution in [0.3, 0.4) is 0 Å². The molecule has 3 aromatic carbocycles. The molecule has 0 atom stereocenters. The summed E-state index contributed by atoms with van der Waals surface area (Å²) < 4.78 is 12.6. The predicted molar refractivity (Wildman–Crippen MR) is 150 cm³/mol. The summed E-state index contributed by atoms with van der Waals surface area (Å²) in [6.45, 7) is 4.81. The van der Waals surface area contributed by atoms with E-state index in [9.17, 15) is 9.59 Å². The summed E-state index contributed by atoms with van der Waals surface area (Å²) in [6.07, 6.45) is 1.79. The zero-order chi connectivity index (χ0) is 26.5. The highest BCUT2D eigenvalue weighted by molar-refractivity contribution is 9.10. The van der Waals surface area contributed by atoms with E-state index in [0.717, 1.165) is 15.6 Å². The smallest absolute Gasteiger partial charge is 0.335 e. The third kappa shape index (κ3) is 6.42. The maximum absolute atomic E-state index is 12.9. The van der Waals surface area contributed by atoms with E-state index in [0.29, 0.717) is 40.5 Å². The van der Waals surface area contributed by atoms with E-state index in [1.807, 2.05) is 50.2 Å². The summed E-state index contributed by atoms with van der Waals surface area (Å²) in [5.41, 5.74) is 3.74. The second-order valence-electron chi connectivity index (χ2n) is 8.25. The van der Waals surface area contributed by atoms with E-state index in [4.69, 9.17) is 14.6 Å². The minimum atomic E-state index is -1.00. The Hall–Kier alpha value is -3.56. The quantitative estimate of drug-likeness (QED) is 0.299. The van der Waals surface area contributed by atoms with Gasteiger partial charge in [-0.25, -0.2) is 9.79 Å². The summed E-state index contributed by atoms with van der Waals surface area (Å²) in [7, 11) is 1.66. The van der Waals surface area contributed by atoms with Gasteiger partial charge in [0.15, 0.2) is 16.7 Å². The molecule has 7 nitrogen and oxygen atoms in total. The molecular weight excluding hydrogens is 556 g/mol. The van der Waals surface area contributed by atoms with Gasteiger partial charge in [0.1, 0.15) is 6.61 Å². The predicted octanol–water partition coefficient (Wildman–Crippen LogP) is 6.67. The van der Waals surface area contributed by atoms with Crippen LogP contribution in [0.5, 0.6) is 11.5 Å². The third-order valence-electron chi connectivity index (χ3n) is 5.51. The number of benzene rings is 3. The fraction of sp³-hybridized carbons (Fsp3) is 0.179. The highest BCUT2D eigenvalue weighted by atomic mass is 79.9. The lowest BCUT2D eigenvalue weighted by Gasteiger charge is -2.14. The highest BCUT2D eigenvalue weighted by Crippen LogP contribution is 2.38. The number of nitrogens with zero attached hydrogens (tertiary/aromatic N) is 2. The van der Waals surface area contributed by atoms with Crippen molar-refractivity contribution < 1.29 is 24.2 Å². The normalized spacial score (nSPS) is 15.5. The molecule has 0 aromatic heterocycles. The first-order valence-electron chi connectivity index (χ1n) is 11.5. The molecule has 1 N–H and O–H groups in total. The first kappa shape index (κ1) is 26.5. The molecule has 4 rings (SSSR count). The van der Waals surface area contributed by atoms with E-state index in [-0.39, 0.29) is 11.5 Å². The zero-order valence-corrected chi connectivity index (χ0v) is 22.9. The number of aromatic carboxylic acids is 1. The molecule has 0 spiro atoms. The molecule has 9 heteroatoms. The van der Waals surface area contributed by atoms with Crippen molar-refractivity contribution in [3.05, 3.63) is 92.3 Å². The number of aryl methyl sites for hydroxylation is 1. The van der Waals surface area contributed by atoms with Gasteiger partial charge in [-0.05, 0) is 79.2 Å². The number of likely N-dealkylation sites (N-methyl/N-ethyl adjacent to an activating group) is 1. The number of carbonyl (C=O) groups excluding carboxylic acids is 1. The van der Waals surface area contributed by atoms with Gasteiger partial charge in [0.2, 0.25) is 0 Å². The number of rotatable bonds is 8. The van der Waals surface area contributed by atoms with Crippen molar-refractivity contribution in [2.24, 2.45) is 4.99 Å². The molecule has 3 aromatic rings. The Morgan fingerprint density at radius 1 is 1.08 bits per heavy atom. The van der Waals surface area contributed by atoms with Crippen LogP contribution in [0.25, 0.3) is 6.08 Å². The van der Waals surface area contributed by atoms with Crippen molar-refractivity contribution in [3.8, 4) is 11.5 Å². The van der Waals surface area contributed by atoms with Crippen LogP contribution < -0.4 is 9.47 Å². The number of carboxylic acid groups (broad SMARTS) is 1. The Labute approximate surface area is 227 Å². The van der Waals surface area contributed by atoms with Gasteiger partial charge in [-0.1, -0.05) is 45.8 Å². The molecular formula is C28H25BrN2O5S. The first-order chi connectivity index (χ1) is 17.7. The number of hydrogen-bond donors (Lipinski definition) is 1. The second-order valence-corrected chi connectivity index (χ2v) is 10.1. The van der Waals surface area contributed by atoms with Crippen LogP contribution in [0, 0.1) is 6.92 Å². The number of ether oxygens (including phenoxy) is 2. The monoisotopic (exact) mass is 580 g/mol. The molecule has 190 valence electrons. The molecule has 1 aliphatic rings. The van der Waals surface area contributed by atoms with Gasteiger partial charge < -0.3 is 14.6 Å². The van der Waals surface area contributed by atoms with Crippen molar-refractivity contribution in [2.45, 2.75) is 20.5 Å². The minimum absolute atomic E-state index is 0.175. The second kappa shape index (κ2) is 11.7. The van der Waals surface area contributed by atoms with Crippen molar-refractivity contribution in [1.29, 1.82) is 0 Å². The molecule has 0 radical (unpaired) electrons.